The Labute approximate surface area is 173 Å². The molecule has 30 heavy (non-hydrogen) atoms. The quantitative estimate of drug-likeness (QED) is 0.396. The van der Waals surface area contributed by atoms with Crippen LogP contribution in [-0.4, -0.2) is 41.2 Å². The highest BCUT2D eigenvalue weighted by Gasteiger charge is 2.10. The van der Waals surface area contributed by atoms with Crippen molar-refractivity contribution in [3.8, 4) is 17.2 Å². The number of nitrogens with zero attached hydrogens (tertiary/aromatic N) is 2. The molecule has 0 aliphatic carbocycles. The summed E-state index contributed by atoms with van der Waals surface area (Å²) in [4.78, 5) is 20.0. The first-order valence-corrected chi connectivity index (χ1v) is 9.23. The second kappa shape index (κ2) is 9.97. The van der Waals surface area contributed by atoms with Crippen LogP contribution in [0, 0.1) is 0 Å². The number of nitrogen functional groups attached to an aromatic ring is 1. The minimum atomic E-state index is -0.314. The number of methoxy groups -OCH3 is 1. The van der Waals surface area contributed by atoms with E-state index in [4.69, 9.17) is 15.2 Å². The molecule has 0 spiro atoms. The number of aromatic hydroxyl groups is 1. The maximum absolute atomic E-state index is 12.3. The monoisotopic (exact) mass is 409 g/mol. The fraction of sp³-hybridized carbons (Fsp3) is 0.190. The molecule has 0 radical (unpaired) electrons. The van der Waals surface area contributed by atoms with E-state index in [9.17, 15) is 9.90 Å². The van der Waals surface area contributed by atoms with E-state index in [0.717, 1.165) is 11.3 Å². The number of anilines is 2. The molecule has 0 aliphatic rings. The van der Waals surface area contributed by atoms with Crippen LogP contribution in [0.25, 0.3) is 0 Å². The number of hydrogen-bond donors (Lipinski definition) is 4. The molecule has 9 nitrogen and oxygen atoms in total. The van der Waals surface area contributed by atoms with Crippen molar-refractivity contribution in [3.05, 3.63) is 66.1 Å². The van der Waals surface area contributed by atoms with Gasteiger partial charge in [0, 0.05) is 18.7 Å². The van der Waals surface area contributed by atoms with E-state index in [1.807, 2.05) is 24.3 Å². The van der Waals surface area contributed by atoms with Gasteiger partial charge in [0.2, 0.25) is 0 Å². The molecule has 0 fully saturated rings. The van der Waals surface area contributed by atoms with Gasteiger partial charge in [-0.1, -0.05) is 12.1 Å². The molecule has 1 aromatic heterocycles. The number of hydrogen-bond acceptors (Lipinski definition) is 8. The van der Waals surface area contributed by atoms with Gasteiger partial charge in [-0.3, -0.25) is 4.79 Å². The van der Waals surface area contributed by atoms with Crippen molar-refractivity contribution in [2.75, 3.05) is 31.2 Å². The van der Waals surface area contributed by atoms with Crippen molar-refractivity contribution in [2.24, 2.45) is 0 Å². The molecule has 3 aromatic rings. The Morgan fingerprint density at radius 2 is 1.97 bits per heavy atom. The molecule has 1 heterocycles. The predicted octanol–water partition coefficient (Wildman–Crippen LogP) is 2.19. The Hall–Kier alpha value is -4.01. The lowest BCUT2D eigenvalue weighted by Crippen LogP contribution is -2.28. The highest BCUT2D eigenvalue weighted by molar-refractivity contribution is 5.94. The number of amides is 1. The van der Waals surface area contributed by atoms with E-state index in [1.165, 1.54) is 12.4 Å². The second-order valence-corrected chi connectivity index (χ2v) is 6.32. The van der Waals surface area contributed by atoms with Crippen LogP contribution in [0.1, 0.15) is 15.9 Å². The number of ether oxygens (including phenoxy) is 2. The summed E-state index contributed by atoms with van der Waals surface area (Å²) in [7, 11) is 1.60. The SMILES string of the molecule is COc1ccc(COc2ccc(C(=O)NCCNc3cncnc3N)cc2O)cc1. The highest BCUT2D eigenvalue weighted by Crippen LogP contribution is 2.27. The number of carbonyl (C=O) groups excluding carboxylic acids is 1. The first kappa shape index (κ1) is 20.7. The molecule has 1 amide bonds. The second-order valence-electron chi connectivity index (χ2n) is 6.32. The van der Waals surface area contributed by atoms with Crippen molar-refractivity contribution in [3.63, 3.8) is 0 Å². The first-order valence-electron chi connectivity index (χ1n) is 9.23. The van der Waals surface area contributed by atoms with E-state index in [-0.39, 0.29) is 18.3 Å². The predicted molar refractivity (Wildman–Crippen MR) is 113 cm³/mol. The number of aromatic nitrogens is 2. The van der Waals surface area contributed by atoms with E-state index >= 15 is 0 Å². The van der Waals surface area contributed by atoms with Crippen molar-refractivity contribution < 1.29 is 19.4 Å². The third kappa shape index (κ3) is 5.51. The molecule has 9 heteroatoms. The molecule has 0 saturated heterocycles. The van der Waals surface area contributed by atoms with Crippen molar-refractivity contribution in [2.45, 2.75) is 6.61 Å². The minimum absolute atomic E-state index is 0.108. The van der Waals surface area contributed by atoms with Crippen LogP contribution in [0.3, 0.4) is 0 Å². The lowest BCUT2D eigenvalue weighted by molar-refractivity contribution is 0.0954. The molecule has 0 aliphatic heterocycles. The number of benzene rings is 2. The van der Waals surface area contributed by atoms with E-state index in [1.54, 1.807) is 25.4 Å². The summed E-state index contributed by atoms with van der Waals surface area (Å²) in [5, 5.41) is 16.0. The van der Waals surface area contributed by atoms with Gasteiger partial charge >= 0.3 is 0 Å². The van der Waals surface area contributed by atoms with Gasteiger partial charge in [0.1, 0.15) is 24.5 Å². The molecule has 3 rings (SSSR count). The van der Waals surface area contributed by atoms with Crippen molar-refractivity contribution in [1.82, 2.24) is 15.3 Å². The molecule has 0 saturated carbocycles. The normalized spacial score (nSPS) is 10.3. The Morgan fingerprint density at radius 1 is 1.17 bits per heavy atom. The topological polar surface area (TPSA) is 132 Å². The zero-order valence-electron chi connectivity index (χ0n) is 16.5. The molecule has 2 aromatic carbocycles. The van der Waals surface area contributed by atoms with Gasteiger partial charge in [0.25, 0.3) is 5.91 Å². The number of carbonyl (C=O) groups is 1. The maximum Gasteiger partial charge on any atom is 0.251 e. The fourth-order valence-corrected chi connectivity index (χ4v) is 2.61. The fourth-order valence-electron chi connectivity index (χ4n) is 2.61. The maximum atomic E-state index is 12.3. The molecule has 0 atom stereocenters. The minimum Gasteiger partial charge on any atom is -0.504 e. The van der Waals surface area contributed by atoms with E-state index < -0.39 is 0 Å². The van der Waals surface area contributed by atoms with Gasteiger partial charge in [-0.15, -0.1) is 0 Å². The Kier molecular flexibility index (Phi) is 6.88. The number of nitrogens with one attached hydrogen (secondary N) is 2. The third-order valence-corrected chi connectivity index (χ3v) is 4.24. The summed E-state index contributed by atoms with van der Waals surface area (Å²) in [6, 6.07) is 11.9. The number of phenols is 1. The summed E-state index contributed by atoms with van der Waals surface area (Å²) in [6.45, 7) is 1.07. The Balaban J connectivity index is 1.48. The summed E-state index contributed by atoms with van der Waals surface area (Å²) in [5.41, 5.74) is 7.56. The molecule has 0 unspecified atom stereocenters. The zero-order chi connectivity index (χ0) is 21.3. The van der Waals surface area contributed by atoms with E-state index in [2.05, 4.69) is 20.6 Å². The van der Waals surface area contributed by atoms with Crippen LogP contribution in [0.5, 0.6) is 17.2 Å². The van der Waals surface area contributed by atoms with Gasteiger partial charge in [0.15, 0.2) is 11.5 Å². The lowest BCUT2D eigenvalue weighted by atomic mass is 10.2. The van der Waals surface area contributed by atoms with Crippen LogP contribution in [-0.2, 0) is 6.61 Å². The average molecular weight is 409 g/mol. The Bertz CT molecular complexity index is 995. The summed E-state index contributed by atoms with van der Waals surface area (Å²) < 4.78 is 10.7. The summed E-state index contributed by atoms with van der Waals surface area (Å²) in [5.74, 6) is 0.970. The van der Waals surface area contributed by atoms with E-state index in [0.29, 0.717) is 35.9 Å². The standard InChI is InChI=1S/C21H23N5O4/c1-29-16-5-2-14(3-6-16)12-30-19-7-4-15(10-18(19)27)21(28)25-9-8-24-17-11-23-13-26-20(17)22/h2-7,10-11,13,24,27H,8-9,12H2,1H3,(H,25,28)(H2,22,23,26). The largest absolute Gasteiger partial charge is 0.504 e. The average Bonchev–Trinajstić information content (AvgIpc) is 2.77. The molecular weight excluding hydrogens is 386 g/mol. The van der Waals surface area contributed by atoms with Crippen LogP contribution in [0.4, 0.5) is 11.5 Å². The molecule has 5 N–H and O–H groups in total. The van der Waals surface area contributed by atoms with Gasteiger partial charge in [0.05, 0.1) is 19.0 Å². The summed E-state index contributed by atoms with van der Waals surface area (Å²) in [6.07, 6.45) is 2.92. The van der Waals surface area contributed by atoms with Crippen molar-refractivity contribution in [1.29, 1.82) is 0 Å². The number of phenolic OH excluding ortho intramolecular Hbond substituents is 1. The highest BCUT2D eigenvalue weighted by atomic mass is 16.5. The van der Waals surface area contributed by atoms with Crippen LogP contribution in [0.15, 0.2) is 55.0 Å². The van der Waals surface area contributed by atoms with Gasteiger partial charge in [-0.25, -0.2) is 9.97 Å². The van der Waals surface area contributed by atoms with Crippen LogP contribution >= 0.6 is 0 Å². The lowest BCUT2D eigenvalue weighted by Gasteiger charge is -2.11. The van der Waals surface area contributed by atoms with Crippen LogP contribution < -0.4 is 25.8 Å². The number of nitrogens with two attached hydrogens (primary N) is 1. The Morgan fingerprint density at radius 3 is 2.67 bits per heavy atom. The molecule has 156 valence electrons. The van der Waals surface area contributed by atoms with Gasteiger partial charge < -0.3 is 30.9 Å². The zero-order valence-corrected chi connectivity index (χ0v) is 16.5. The smallest absolute Gasteiger partial charge is 0.251 e. The molecular formula is C21H23N5O4. The van der Waals surface area contributed by atoms with Crippen molar-refractivity contribution >= 4 is 17.4 Å². The number of rotatable bonds is 9. The van der Waals surface area contributed by atoms with Gasteiger partial charge in [-0.2, -0.15) is 0 Å². The van der Waals surface area contributed by atoms with Gasteiger partial charge in [-0.05, 0) is 35.9 Å². The molecule has 0 bridgehead atoms. The first-order chi connectivity index (χ1) is 14.6. The third-order valence-electron chi connectivity index (χ3n) is 4.24. The summed E-state index contributed by atoms with van der Waals surface area (Å²) >= 11 is 0. The van der Waals surface area contributed by atoms with Crippen LogP contribution in [0.2, 0.25) is 0 Å².